The number of hydrogen-bond donors (Lipinski definition) is 2. The van der Waals surface area contributed by atoms with Crippen molar-refractivity contribution in [2.75, 3.05) is 5.32 Å². The maximum absolute atomic E-state index is 10.3. The van der Waals surface area contributed by atoms with Gasteiger partial charge >= 0.3 is 0 Å². The maximum atomic E-state index is 10.3. The van der Waals surface area contributed by atoms with E-state index in [0.29, 0.717) is 12.2 Å². The van der Waals surface area contributed by atoms with E-state index in [1.807, 2.05) is 60.7 Å². The largest absolute Gasteiger partial charge is 0.508 e. The van der Waals surface area contributed by atoms with Gasteiger partial charge in [0, 0.05) is 12.0 Å². The Hall–Kier alpha value is -3.07. The van der Waals surface area contributed by atoms with Crippen molar-refractivity contribution in [2.24, 2.45) is 4.99 Å². The van der Waals surface area contributed by atoms with Gasteiger partial charge in [-0.05, 0) is 23.8 Å². The molecule has 0 saturated carbocycles. The molecule has 2 N–H and O–H groups in total. The summed E-state index contributed by atoms with van der Waals surface area (Å²) in [6.07, 6.45) is 0.705. The van der Waals surface area contributed by atoms with Crippen LogP contribution in [0.5, 0.6) is 5.75 Å². The zero-order valence-electron chi connectivity index (χ0n) is 13.2. The van der Waals surface area contributed by atoms with E-state index >= 15 is 0 Å². The summed E-state index contributed by atoms with van der Waals surface area (Å²) in [4.78, 5) is 4.89. The molecule has 1 atom stereocenters. The van der Waals surface area contributed by atoms with Crippen LogP contribution in [0.3, 0.4) is 0 Å². The molecule has 0 radical (unpaired) electrons. The van der Waals surface area contributed by atoms with Gasteiger partial charge in [-0.2, -0.15) is 0 Å². The molecule has 4 rings (SSSR count). The highest BCUT2D eigenvalue weighted by Gasteiger charge is 2.22. The van der Waals surface area contributed by atoms with Crippen LogP contribution in [0, 0.1) is 0 Å². The van der Waals surface area contributed by atoms with Crippen LogP contribution in [0.1, 0.15) is 23.6 Å². The number of aliphatic imine (C=N–C) groups is 1. The molecular weight excluding hydrogens is 296 g/mol. The molecule has 1 aliphatic rings. The zero-order valence-corrected chi connectivity index (χ0v) is 13.2. The standard InChI is InChI=1S/C21H18N2O/c24-21-13-7-4-10-16(21)20-14-19(15-8-2-1-3-9-15)22-17-11-5-6-12-18(17)23-20/h1-13,20,23-24H,14H2. The normalized spacial score (nSPS) is 16.5. The van der Waals surface area contributed by atoms with Crippen molar-refractivity contribution in [2.45, 2.75) is 12.5 Å². The molecule has 1 aliphatic heterocycles. The van der Waals surface area contributed by atoms with Gasteiger partial charge in [0.05, 0.1) is 23.1 Å². The molecule has 1 heterocycles. The minimum atomic E-state index is -0.0335. The number of nitrogens with one attached hydrogen (secondary N) is 1. The highest BCUT2D eigenvalue weighted by atomic mass is 16.3. The number of phenolic OH excluding ortho intramolecular Hbond substituents is 1. The first-order valence-corrected chi connectivity index (χ1v) is 8.08. The van der Waals surface area contributed by atoms with Crippen LogP contribution in [0.2, 0.25) is 0 Å². The number of fused-ring (bicyclic) bond motifs is 1. The van der Waals surface area contributed by atoms with Gasteiger partial charge < -0.3 is 10.4 Å². The Labute approximate surface area is 141 Å². The predicted molar refractivity (Wildman–Crippen MR) is 98.2 cm³/mol. The van der Waals surface area contributed by atoms with Gasteiger partial charge in [-0.25, -0.2) is 0 Å². The number of aromatic hydroxyl groups is 1. The number of anilines is 1. The van der Waals surface area contributed by atoms with Crippen molar-refractivity contribution in [3.63, 3.8) is 0 Å². The molecule has 3 heteroatoms. The Kier molecular flexibility index (Phi) is 3.75. The molecule has 24 heavy (non-hydrogen) atoms. The molecule has 3 aromatic carbocycles. The van der Waals surface area contributed by atoms with Gasteiger partial charge in [0.1, 0.15) is 5.75 Å². The van der Waals surface area contributed by atoms with E-state index in [1.165, 1.54) is 0 Å². The molecule has 3 aromatic rings. The van der Waals surface area contributed by atoms with Crippen LogP contribution in [0.25, 0.3) is 0 Å². The lowest BCUT2D eigenvalue weighted by Crippen LogP contribution is -2.14. The lowest BCUT2D eigenvalue weighted by atomic mass is 9.96. The van der Waals surface area contributed by atoms with Gasteiger partial charge in [-0.15, -0.1) is 0 Å². The summed E-state index contributed by atoms with van der Waals surface area (Å²) in [5.41, 5.74) is 4.92. The Balaban J connectivity index is 1.83. The monoisotopic (exact) mass is 314 g/mol. The summed E-state index contributed by atoms with van der Waals surface area (Å²) in [7, 11) is 0. The van der Waals surface area contributed by atoms with Crippen LogP contribution in [-0.4, -0.2) is 10.8 Å². The zero-order chi connectivity index (χ0) is 16.4. The summed E-state index contributed by atoms with van der Waals surface area (Å²) in [6.45, 7) is 0. The first-order chi connectivity index (χ1) is 11.8. The average molecular weight is 314 g/mol. The Bertz CT molecular complexity index is 887. The Morgan fingerprint density at radius 3 is 2.38 bits per heavy atom. The highest BCUT2D eigenvalue weighted by molar-refractivity contribution is 6.04. The first kappa shape index (κ1) is 14.5. The third kappa shape index (κ3) is 2.76. The summed E-state index contributed by atoms with van der Waals surface area (Å²) in [5, 5.41) is 13.8. The van der Waals surface area contributed by atoms with Gasteiger partial charge in [0.25, 0.3) is 0 Å². The lowest BCUT2D eigenvalue weighted by Gasteiger charge is -2.20. The second-order valence-corrected chi connectivity index (χ2v) is 5.90. The molecule has 0 aliphatic carbocycles. The lowest BCUT2D eigenvalue weighted by molar-refractivity contribution is 0.464. The van der Waals surface area contributed by atoms with E-state index in [4.69, 9.17) is 4.99 Å². The molecular formula is C21H18N2O. The third-order valence-electron chi connectivity index (χ3n) is 4.31. The number of nitrogens with zero attached hydrogens (tertiary/aromatic N) is 1. The number of hydrogen-bond acceptors (Lipinski definition) is 3. The van der Waals surface area contributed by atoms with Crippen LogP contribution >= 0.6 is 0 Å². The molecule has 0 bridgehead atoms. The molecule has 3 nitrogen and oxygen atoms in total. The molecule has 1 unspecified atom stereocenters. The van der Waals surface area contributed by atoms with E-state index in [1.54, 1.807) is 6.07 Å². The number of phenols is 1. The fraction of sp³-hybridized carbons (Fsp3) is 0.0952. The van der Waals surface area contributed by atoms with Crippen molar-refractivity contribution in [1.29, 1.82) is 0 Å². The van der Waals surface area contributed by atoms with Gasteiger partial charge in [-0.1, -0.05) is 60.7 Å². The molecule has 0 saturated heterocycles. The predicted octanol–water partition coefficient (Wildman–Crippen LogP) is 5.07. The second kappa shape index (κ2) is 6.20. The Morgan fingerprint density at radius 2 is 1.54 bits per heavy atom. The van der Waals surface area contributed by atoms with Crippen LogP contribution < -0.4 is 5.32 Å². The quantitative estimate of drug-likeness (QED) is 0.693. The van der Waals surface area contributed by atoms with Crippen molar-refractivity contribution >= 4 is 17.1 Å². The number of para-hydroxylation sites is 3. The number of rotatable bonds is 2. The van der Waals surface area contributed by atoms with E-state index in [9.17, 15) is 5.11 Å². The van der Waals surface area contributed by atoms with Gasteiger partial charge in [0.15, 0.2) is 0 Å². The fourth-order valence-corrected chi connectivity index (χ4v) is 3.10. The average Bonchev–Trinajstić information content (AvgIpc) is 2.82. The van der Waals surface area contributed by atoms with Crippen molar-refractivity contribution in [1.82, 2.24) is 0 Å². The van der Waals surface area contributed by atoms with Crippen molar-refractivity contribution < 1.29 is 5.11 Å². The summed E-state index contributed by atoms with van der Waals surface area (Å²) in [6, 6.07) is 25.7. The smallest absolute Gasteiger partial charge is 0.120 e. The van der Waals surface area contributed by atoms with Crippen LogP contribution in [0.15, 0.2) is 83.9 Å². The molecule has 0 spiro atoms. The molecule has 0 amide bonds. The van der Waals surface area contributed by atoms with Crippen LogP contribution in [-0.2, 0) is 0 Å². The number of benzene rings is 3. The van der Waals surface area contributed by atoms with E-state index in [2.05, 4.69) is 17.4 Å². The maximum Gasteiger partial charge on any atom is 0.120 e. The molecule has 0 aromatic heterocycles. The summed E-state index contributed by atoms with van der Waals surface area (Å²) >= 11 is 0. The van der Waals surface area contributed by atoms with Crippen LogP contribution in [0.4, 0.5) is 11.4 Å². The summed E-state index contributed by atoms with van der Waals surface area (Å²) in [5.74, 6) is 0.307. The SMILES string of the molecule is Oc1ccccc1C1CC(c2ccccc2)=Nc2ccccc2N1. The second-order valence-electron chi connectivity index (χ2n) is 5.90. The van der Waals surface area contributed by atoms with E-state index in [-0.39, 0.29) is 6.04 Å². The molecule has 118 valence electrons. The minimum Gasteiger partial charge on any atom is -0.508 e. The third-order valence-corrected chi connectivity index (χ3v) is 4.31. The Morgan fingerprint density at radius 1 is 0.833 bits per heavy atom. The first-order valence-electron chi connectivity index (χ1n) is 8.08. The fourth-order valence-electron chi connectivity index (χ4n) is 3.10. The van der Waals surface area contributed by atoms with Gasteiger partial charge in [-0.3, -0.25) is 4.99 Å². The highest BCUT2D eigenvalue weighted by Crippen LogP contribution is 2.37. The van der Waals surface area contributed by atoms with E-state index < -0.39 is 0 Å². The summed E-state index contributed by atoms with van der Waals surface area (Å²) < 4.78 is 0. The van der Waals surface area contributed by atoms with Crippen molar-refractivity contribution in [3.05, 3.63) is 90.0 Å². The van der Waals surface area contributed by atoms with Crippen molar-refractivity contribution in [3.8, 4) is 5.75 Å². The van der Waals surface area contributed by atoms with Gasteiger partial charge in [0.2, 0.25) is 0 Å². The van der Waals surface area contributed by atoms with E-state index in [0.717, 1.165) is 28.2 Å². The molecule has 0 fully saturated rings. The topological polar surface area (TPSA) is 44.6 Å². The minimum absolute atomic E-state index is 0.0335.